The number of ketones is 1. The molecule has 2 aliphatic carbocycles. The average molecular weight is 741 g/mol. The third kappa shape index (κ3) is 8.65. The fraction of sp³-hybridized carbons (Fsp3) is 0.590. The van der Waals surface area contributed by atoms with E-state index in [0.29, 0.717) is 31.9 Å². The van der Waals surface area contributed by atoms with E-state index >= 15 is 0 Å². The number of aryl methyl sites for hydroxylation is 1. The molecular formula is C39H53ClN4O6S. The van der Waals surface area contributed by atoms with E-state index in [2.05, 4.69) is 39.0 Å². The third-order valence-corrected chi connectivity index (χ3v) is 13.7. The van der Waals surface area contributed by atoms with E-state index in [1.807, 2.05) is 13.0 Å². The number of nitrogens with one attached hydrogen (secondary N) is 2. The Balaban J connectivity index is 0.000000573. The van der Waals surface area contributed by atoms with Gasteiger partial charge in [0.15, 0.2) is 5.78 Å². The van der Waals surface area contributed by atoms with Gasteiger partial charge in [-0.2, -0.15) is 0 Å². The van der Waals surface area contributed by atoms with Gasteiger partial charge in [-0.3, -0.25) is 9.59 Å². The number of fused-ring (bicyclic) bond motifs is 4. The van der Waals surface area contributed by atoms with Crippen LogP contribution in [0, 0.1) is 17.8 Å². The van der Waals surface area contributed by atoms with Crippen LogP contribution in [0.4, 0.5) is 5.69 Å². The maximum absolute atomic E-state index is 13.6. The number of carbonyl (C=O) groups excluding carboxylic acids is 2. The summed E-state index contributed by atoms with van der Waals surface area (Å²) in [5.41, 5.74) is 3.17. The Morgan fingerprint density at radius 1 is 1.10 bits per heavy atom. The second kappa shape index (κ2) is 16.4. The maximum Gasteiger partial charge on any atom is 0.264 e. The highest BCUT2D eigenvalue weighted by Gasteiger charge is 2.44. The van der Waals surface area contributed by atoms with Crippen molar-refractivity contribution in [1.82, 2.24) is 14.9 Å². The second-order valence-electron chi connectivity index (χ2n) is 15.1. The first kappa shape index (κ1) is 37.8. The lowest BCUT2D eigenvalue weighted by Gasteiger charge is -2.44. The topological polar surface area (TPSA) is 117 Å². The summed E-state index contributed by atoms with van der Waals surface area (Å²) < 4.78 is 41.2. The molecule has 0 radical (unpaired) electrons. The quantitative estimate of drug-likeness (QED) is 0.449. The predicted octanol–water partition coefficient (Wildman–Crippen LogP) is 4.99. The number of likely N-dealkylation sites (N-methyl/N-ethyl adjacent to an activating group) is 1. The molecule has 51 heavy (non-hydrogen) atoms. The molecule has 3 heterocycles. The standard InChI is InChI=1S/C34H41ClN2O6S.C5H12N2/c1-22-5-3-7-30(38)27-11-8-25(27)19-37-20-34(15-4-6-23-17-26(35)10-12-28(23)34)21-43-31-13-9-24(18-29(31)37)33(39)36-44(40,41)32(22)14-16-42-2;1-7-4-2-6-3-5-7/h3,7,9-10,12-13,17-18,22,25,27,32H,4-6,8,11,14-16,19-21H2,1-2H3,(H,36,39);6H,2-5H2,1H3/b7-3+;/t22-,25-,27+,32+,34-;/m0./s1. The average Bonchev–Trinajstić information content (AvgIpc) is 3.23. The fourth-order valence-electron chi connectivity index (χ4n) is 8.39. The minimum atomic E-state index is -4.05. The van der Waals surface area contributed by atoms with Crippen molar-refractivity contribution >= 4 is 39.0 Å². The largest absolute Gasteiger partial charge is 0.490 e. The number of sulfonamides is 1. The van der Waals surface area contributed by atoms with Crippen LogP contribution in [0.2, 0.25) is 5.02 Å². The number of hydrogen-bond acceptors (Lipinski definition) is 9. The number of halogens is 1. The van der Waals surface area contributed by atoms with Crippen LogP contribution in [0.3, 0.4) is 0 Å². The van der Waals surface area contributed by atoms with Crippen LogP contribution in [0.1, 0.15) is 66.9 Å². The zero-order chi connectivity index (χ0) is 36.2. The first-order chi connectivity index (χ1) is 24.5. The van der Waals surface area contributed by atoms with Gasteiger partial charge < -0.3 is 24.6 Å². The van der Waals surface area contributed by atoms with E-state index in [4.69, 9.17) is 21.1 Å². The smallest absolute Gasteiger partial charge is 0.264 e. The minimum Gasteiger partial charge on any atom is -0.490 e. The molecule has 0 unspecified atom stereocenters. The number of allylic oxidation sites excluding steroid dienone is 2. The Labute approximate surface area is 308 Å². The van der Waals surface area contributed by atoms with Gasteiger partial charge in [-0.1, -0.05) is 30.7 Å². The van der Waals surface area contributed by atoms with Crippen LogP contribution < -0.4 is 19.7 Å². The Hall–Kier alpha value is -2.96. The SMILES string of the molecule is CN1CCNCC1.COCC[C@@H]1[C@@H](C)C/C=C/C(=O)[C@@H]2CC[C@H]2CN2C[C@@]3(CCCc4cc(Cl)ccc43)COc3ccc(cc32)C(=O)NS1(=O)=O. The number of piperazine rings is 1. The number of methoxy groups -OCH3 is 1. The molecule has 10 nitrogen and oxygen atoms in total. The van der Waals surface area contributed by atoms with Crippen LogP contribution >= 0.6 is 11.6 Å². The molecule has 2 N–H and O–H groups in total. The van der Waals surface area contributed by atoms with Gasteiger partial charge in [-0.25, -0.2) is 13.1 Å². The fourth-order valence-corrected chi connectivity index (χ4v) is 10.2. The summed E-state index contributed by atoms with van der Waals surface area (Å²) in [6.45, 7) is 8.58. The van der Waals surface area contributed by atoms with Crippen LogP contribution in [-0.4, -0.2) is 96.9 Å². The summed E-state index contributed by atoms with van der Waals surface area (Å²) in [4.78, 5) is 31.5. The molecule has 2 aromatic carbocycles. The van der Waals surface area contributed by atoms with Gasteiger partial charge in [0.1, 0.15) is 5.75 Å². The van der Waals surface area contributed by atoms with E-state index in [0.717, 1.165) is 55.9 Å². The van der Waals surface area contributed by atoms with Crippen LogP contribution in [0.15, 0.2) is 48.6 Å². The molecule has 0 aromatic heterocycles. The molecule has 5 aliphatic rings. The molecule has 3 aliphatic heterocycles. The van der Waals surface area contributed by atoms with E-state index in [1.165, 1.54) is 31.3 Å². The molecule has 1 saturated carbocycles. The molecular weight excluding hydrogens is 688 g/mol. The van der Waals surface area contributed by atoms with Crippen molar-refractivity contribution in [1.29, 1.82) is 0 Å². The third-order valence-electron chi connectivity index (χ3n) is 11.5. The Morgan fingerprint density at radius 3 is 2.61 bits per heavy atom. The normalized spacial score (nSPS) is 29.9. The number of nitrogens with zero attached hydrogens (tertiary/aromatic N) is 2. The number of ether oxygens (including phenoxy) is 2. The lowest BCUT2D eigenvalue weighted by atomic mass is 9.68. The van der Waals surface area contributed by atoms with E-state index < -0.39 is 21.2 Å². The van der Waals surface area contributed by atoms with Gasteiger partial charge in [0, 0.05) is 74.9 Å². The summed E-state index contributed by atoms with van der Waals surface area (Å²) >= 11 is 6.39. The van der Waals surface area contributed by atoms with Gasteiger partial charge in [0.05, 0.1) is 17.5 Å². The Bertz CT molecular complexity index is 1710. The number of anilines is 1. The Kier molecular flexibility index (Phi) is 12.1. The van der Waals surface area contributed by atoms with Crippen molar-refractivity contribution in [2.75, 3.05) is 71.5 Å². The molecule has 278 valence electrons. The van der Waals surface area contributed by atoms with Gasteiger partial charge >= 0.3 is 0 Å². The van der Waals surface area contributed by atoms with E-state index in [-0.39, 0.29) is 47.5 Å². The lowest BCUT2D eigenvalue weighted by Crippen LogP contribution is -2.49. The van der Waals surface area contributed by atoms with Crippen LogP contribution in [0.25, 0.3) is 0 Å². The van der Waals surface area contributed by atoms with Crippen molar-refractivity contribution in [3.63, 3.8) is 0 Å². The van der Waals surface area contributed by atoms with E-state index in [9.17, 15) is 18.0 Å². The van der Waals surface area contributed by atoms with Gasteiger partial charge in [-0.15, -0.1) is 0 Å². The summed E-state index contributed by atoms with van der Waals surface area (Å²) in [6.07, 6.45) is 8.75. The predicted molar refractivity (Wildman–Crippen MR) is 201 cm³/mol. The van der Waals surface area contributed by atoms with Crippen molar-refractivity contribution in [2.45, 2.75) is 62.5 Å². The van der Waals surface area contributed by atoms with Crippen LogP contribution in [-0.2, 0) is 31.4 Å². The molecule has 2 bridgehead atoms. The minimum absolute atomic E-state index is 0.0880. The highest BCUT2D eigenvalue weighted by atomic mass is 35.5. The number of carbonyl (C=O) groups is 2. The highest BCUT2D eigenvalue weighted by Crippen LogP contribution is 2.46. The lowest BCUT2D eigenvalue weighted by molar-refractivity contribution is -0.122. The summed E-state index contributed by atoms with van der Waals surface area (Å²) in [5, 5.41) is 3.13. The molecule has 12 heteroatoms. The molecule has 1 spiro atoms. The van der Waals surface area contributed by atoms with Crippen molar-refractivity contribution in [2.24, 2.45) is 17.8 Å². The van der Waals surface area contributed by atoms with Crippen molar-refractivity contribution in [3.05, 3.63) is 70.3 Å². The summed E-state index contributed by atoms with van der Waals surface area (Å²) in [5.74, 6) is -0.172. The first-order valence-electron chi connectivity index (χ1n) is 18.4. The number of hydrogen-bond donors (Lipinski definition) is 2. The molecule has 2 aromatic rings. The summed E-state index contributed by atoms with van der Waals surface area (Å²) in [6, 6.07) is 11.3. The van der Waals surface area contributed by atoms with Gasteiger partial charge in [-0.05, 0) is 111 Å². The van der Waals surface area contributed by atoms with Gasteiger partial charge in [0.25, 0.3) is 5.91 Å². The van der Waals surface area contributed by atoms with Crippen molar-refractivity contribution in [3.8, 4) is 5.75 Å². The zero-order valence-corrected chi connectivity index (χ0v) is 31.7. The van der Waals surface area contributed by atoms with Crippen molar-refractivity contribution < 1.29 is 27.5 Å². The summed E-state index contributed by atoms with van der Waals surface area (Å²) in [7, 11) is -0.372. The first-order valence-corrected chi connectivity index (χ1v) is 20.4. The highest BCUT2D eigenvalue weighted by molar-refractivity contribution is 7.90. The number of benzene rings is 2. The number of amides is 1. The number of rotatable bonds is 3. The Morgan fingerprint density at radius 2 is 1.90 bits per heavy atom. The van der Waals surface area contributed by atoms with E-state index in [1.54, 1.807) is 30.4 Å². The molecule has 2 fully saturated rings. The van der Waals surface area contributed by atoms with Gasteiger partial charge in [0.2, 0.25) is 10.0 Å². The second-order valence-corrected chi connectivity index (χ2v) is 17.4. The maximum atomic E-state index is 13.6. The zero-order valence-electron chi connectivity index (χ0n) is 30.2. The monoisotopic (exact) mass is 740 g/mol. The molecule has 1 saturated heterocycles. The van der Waals surface area contributed by atoms with Crippen LogP contribution in [0.5, 0.6) is 5.75 Å². The molecule has 1 amide bonds. The molecule has 5 atom stereocenters. The molecule has 7 rings (SSSR count).